The molecule has 0 bridgehead atoms. The van der Waals surface area contributed by atoms with Crippen LogP contribution in [-0.2, 0) is 11.2 Å². The number of H-pyrrole nitrogens is 1. The Balaban J connectivity index is 1.20. The fourth-order valence-electron chi connectivity index (χ4n) is 4.68. The van der Waals surface area contributed by atoms with Crippen LogP contribution in [-0.4, -0.2) is 35.9 Å². The van der Waals surface area contributed by atoms with E-state index >= 15 is 0 Å². The summed E-state index contributed by atoms with van der Waals surface area (Å²) < 4.78 is 14.6. The average Bonchev–Trinajstić information content (AvgIpc) is 3.51. The molecule has 5 rings (SSSR count). The first-order valence-corrected chi connectivity index (χ1v) is 12.5. The lowest BCUT2D eigenvalue weighted by Gasteiger charge is -2.24. The van der Waals surface area contributed by atoms with Gasteiger partial charge in [0.1, 0.15) is 0 Å². The molecule has 2 N–H and O–H groups in total. The minimum Gasteiger partial charge on any atom is -0.349 e. The van der Waals surface area contributed by atoms with Crippen molar-refractivity contribution in [2.24, 2.45) is 5.92 Å². The van der Waals surface area contributed by atoms with Crippen molar-refractivity contribution in [1.82, 2.24) is 35.3 Å². The van der Waals surface area contributed by atoms with Crippen LogP contribution in [0.3, 0.4) is 0 Å². The number of halogens is 1. The smallest absolute Gasteiger partial charge is 0.223 e. The van der Waals surface area contributed by atoms with Crippen LogP contribution >= 0.6 is 0 Å². The Labute approximate surface area is 215 Å². The molecular formula is C28H30FN7O. The maximum absolute atomic E-state index is 13.2. The van der Waals surface area contributed by atoms with Crippen molar-refractivity contribution >= 4 is 11.5 Å². The first-order chi connectivity index (χ1) is 17.8. The highest BCUT2D eigenvalue weighted by molar-refractivity contribution is 5.80. The molecule has 1 aliphatic carbocycles. The number of nitrogens with one attached hydrogen (secondary N) is 2. The van der Waals surface area contributed by atoms with E-state index in [2.05, 4.69) is 50.7 Å². The standard InChI is InChI=1S/C28H30FN7O/c1-17-10-24(13-25-12-18(2)34-35-25)33-26(11-17)20-4-6-21(7-5-20)28(37)32-19(3)22-8-9-27(30-14-22)36-16-23(29)15-31-36/h4,8-12,14-16,19,21H,5-7,13H2,1-3H3,(H,32,37)(H,34,35)/t19-,21?/m0/s1. The molecule has 8 nitrogen and oxygen atoms in total. The third-order valence-electron chi connectivity index (χ3n) is 6.67. The Morgan fingerprint density at radius 1 is 1.22 bits per heavy atom. The van der Waals surface area contributed by atoms with Crippen LogP contribution in [0.15, 0.2) is 55.0 Å². The number of carbonyl (C=O) groups excluding carboxylic acids is 1. The number of hydrogen-bond donors (Lipinski definition) is 2. The summed E-state index contributed by atoms with van der Waals surface area (Å²) in [7, 11) is 0. The first-order valence-electron chi connectivity index (χ1n) is 12.5. The Kier molecular flexibility index (Phi) is 6.94. The minimum atomic E-state index is -0.418. The number of aromatic nitrogens is 6. The van der Waals surface area contributed by atoms with Crippen LogP contribution in [0.25, 0.3) is 11.4 Å². The molecule has 4 aromatic heterocycles. The van der Waals surface area contributed by atoms with Gasteiger partial charge in [0.25, 0.3) is 0 Å². The van der Waals surface area contributed by atoms with E-state index in [-0.39, 0.29) is 17.9 Å². The molecule has 0 saturated heterocycles. The molecule has 4 aromatic rings. The molecular weight excluding hydrogens is 469 g/mol. The number of amides is 1. The number of aromatic amines is 1. The van der Waals surface area contributed by atoms with Gasteiger partial charge in [0.05, 0.1) is 29.8 Å². The number of allylic oxidation sites excluding steroid dienone is 2. The van der Waals surface area contributed by atoms with E-state index < -0.39 is 5.82 Å². The molecule has 0 radical (unpaired) electrons. The average molecular weight is 500 g/mol. The summed E-state index contributed by atoms with van der Waals surface area (Å²) in [6.45, 7) is 6.01. The molecule has 1 unspecified atom stereocenters. The second-order valence-corrected chi connectivity index (χ2v) is 9.72. The summed E-state index contributed by atoms with van der Waals surface area (Å²) >= 11 is 0. The van der Waals surface area contributed by atoms with Crippen molar-refractivity contribution in [2.75, 3.05) is 0 Å². The van der Waals surface area contributed by atoms with Gasteiger partial charge >= 0.3 is 0 Å². The Hall–Kier alpha value is -4.14. The molecule has 0 fully saturated rings. The van der Waals surface area contributed by atoms with Crippen molar-refractivity contribution in [1.29, 1.82) is 0 Å². The SMILES string of the molecule is Cc1cc(Cc2cc(C)[nH]n2)nc(C2=CCC(C(=O)N[C@@H](C)c3ccc(-n4cc(F)cn4)nc3)CC2)c1. The molecule has 0 saturated carbocycles. The molecule has 0 spiro atoms. The van der Waals surface area contributed by atoms with Gasteiger partial charge in [-0.15, -0.1) is 0 Å². The third kappa shape index (κ3) is 5.82. The Bertz CT molecular complexity index is 1440. The van der Waals surface area contributed by atoms with Crippen LogP contribution < -0.4 is 5.32 Å². The van der Waals surface area contributed by atoms with Crippen LogP contribution in [0.5, 0.6) is 0 Å². The monoisotopic (exact) mass is 499 g/mol. The van der Waals surface area contributed by atoms with Gasteiger partial charge in [-0.3, -0.25) is 14.9 Å². The van der Waals surface area contributed by atoms with E-state index in [1.165, 1.54) is 22.0 Å². The first kappa shape index (κ1) is 24.5. The zero-order valence-corrected chi connectivity index (χ0v) is 21.2. The lowest BCUT2D eigenvalue weighted by molar-refractivity contribution is -0.125. The number of rotatable bonds is 7. The van der Waals surface area contributed by atoms with Gasteiger partial charge in [-0.25, -0.2) is 14.1 Å². The molecule has 0 aliphatic heterocycles. The van der Waals surface area contributed by atoms with Gasteiger partial charge in [-0.1, -0.05) is 12.1 Å². The second-order valence-electron chi connectivity index (χ2n) is 9.72. The summed E-state index contributed by atoms with van der Waals surface area (Å²) in [5, 5.41) is 14.4. The summed E-state index contributed by atoms with van der Waals surface area (Å²) in [6, 6.07) is 9.69. The second kappa shape index (κ2) is 10.5. The normalized spacial score (nSPS) is 16.3. The quantitative estimate of drug-likeness (QED) is 0.381. The van der Waals surface area contributed by atoms with Crippen LogP contribution in [0.4, 0.5) is 4.39 Å². The molecule has 1 aliphatic rings. The molecule has 37 heavy (non-hydrogen) atoms. The van der Waals surface area contributed by atoms with Crippen molar-refractivity contribution in [3.05, 3.63) is 94.7 Å². The van der Waals surface area contributed by atoms with Gasteiger partial charge in [0.15, 0.2) is 11.6 Å². The summed E-state index contributed by atoms with van der Waals surface area (Å²) in [6.07, 6.45) is 9.19. The minimum absolute atomic E-state index is 0.0350. The number of carbonyl (C=O) groups is 1. The molecule has 190 valence electrons. The largest absolute Gasteiger partial charge is 0.349 e. The highest BCUT2D eigenvalue weighted by Gasteiger charge is 2.24. The molecule has 1 amide bonds. The van der Waals surface area contributed by atoms with E-state index in [1.54, 1.807) is 12.3 Å². The number of nitrogens with zero attached hydrogens (tertiary/aromatic N) is 5. The molecule has 0 aromatic carbocycles. The highest BCUT2D eigenvalue weighted by atomic mass is 19.1. The summed E-state index contributed by atoms with van der Waals surface area (Å²) in [5.41, 5.74) is 7.22. The lowest BCUT2D eigenvalue weighted by atomic mass is 9.87. The van der Waals surface area contributed by atoms with Crippen molar-refractivity contribution < 1.29 is 9.18 Å². The fourth-order valence-corrected chi connectivity index (χ4v) is 4.68. The predicted molar refractivity (Wildman–Crippen MR) is 138 cm³/mol. The Morgan fingerprint density at radius 3 is 2.73 bits per heavy atom. The van der Waals surface area contributed by atoms with E-state index in [0.29, 0.717) is 18.7 Å². The van der Waals surface area contributed by atoms with Crippen LogP contribution in [0.1, 0.15) is 66.1 Å². The maximum atomic E-state index is 13.2. The maximum Gasteiger partial charge on any atom is 0.223 e. The van der Waals surface area contributed by atoms with Crippen molar-refractivity contribution in [2.45, 2.75) is 52.5 Å². The van der Waals surface area contributed by atoms with Crippen LogP contribution in [0, 0.1) is 25.6 Å². The molecule has 9 heteroatoms. The fraction of sp³-hybridized carbons (Fsp3) is 0.321. The van der Waals surface area contributed by atoms with Gasteiger partial charge in [0.2, 0.25) is 5.91 Å². The number of pyridine rings is 2. The Morgan fingerprint density at radius 2 is 2.08 bits per heavy atom. The van der Waals surface area contributed by atoms with Gasteiger partial charge in [-0.2, -0.15) is 10.2 Å². The third-order valence-corrected chi connectivity index (χ3v) is 6.67. The van der Waals surface area contributed by atoms with Gasteiger partial charge in [0, 0.05) is 29.9 Å². The van der Waals surface area contributed by atoms with Gasteiger partial charge in [-0.05, 0) is 81.0 Å². The van der Waals surface area contributed by atoms with E-state index in [1.807, 2.05) is 26.0 Å². The summed E-state index contributed by atoms with van der Waals surface area (Å²) in [5.74, 6) is 0.0528. The van der Waals surface area contributed by atoms with E-state index in [0.717, 1.165) is 47.4 Å². The van der Waals surface area contributed by atoms with Crippen LogP contribution in [0.2, 0.25) is 0 Å². The topological polar surface area (TPSA) is 101 Å². The zero-order valence-electron chi connectivity index (χ0n) is 21.2. The zero-order chi connectivity index (χ0) is 25.9. The molecule has 4 heterocycles. The van der Waals surface area contributed by atoms with E-state index in [9.17, 15) is 9.18 Å². The van der Waals surface area contributed by atoms with E-state index in [4.69, 9.17) is 4.98 Å². The summed E-state index contributed by atoms with van der Waals surface area (Å²) in [4.78, 5) is 22.2. The van der Waals surface area contributed by atoms with Gasteiger partial charge < -0.3 is 5.32 Å². The van der Waals surface area contributed by atoms with Crippen molar-refractivity contribution in [3.63, 3.8) is 0 Å². The number of hydrogen-bond acceptors (Lipinski definition) is 5. The molecule has 2 atom stereocenters. The van der Waals surface area contributed by atoms with Crippen molar-refractivity contribution in [3.8, 4) is 5.82 Å². The lowest BCUT2D eigenvalue weighted by Crippen LogP contribution is -2.33. The number of aryl methyl sites for hydroxylation is 2. The predicted octanol–water partition coefficient (Wildman–Crippen LogP) is 4.79. The highest BCUT2D eigenvalue weighted by Crippen LogP contribution is 2.31.